The maximum absolute atomic E-state index is 13.0. The van der Waals surface area contributed by atoms with Gasteiger partial charge in [-0.1, -0.05) is 0 Å². The van der Waals surface area contributed by atoms with Gasteiger partial charge in [0, 0.05) is 31.7 Å². The van der Waals surface area contributed by atoms with Crippen LogP contribution in [0, 0.1) is 5.41 Å². The number of imidazole rings is 1. The second kappa shape index (κ2) is 7.07. The number of hydrogen-bond donors (Lipinski definition) is 1. The summed E-state index contributed by atoms with van der Waals surface area (Å²) < 4.78 is 7.63. The summed E-state index contributed by atoms with van der Waals surface area (Å²) in [5.74, 6) is 1.53. The van der Waals surface area contributed by atoms with Crippen molar-refractivity contribution >= 4 is 5.91 Å². The van der Waals surface area contributed by atoms with Crippen LogP contribution in [0.5, 0.6) is 5.75 Å². The van der Waals surface area contributed by atoms with Crippen LogP contribution >= 0.6 is 0 Å². The Labute approximate surface area is 153 Å². The van der Waals surface area contributed by atoms with Crippen LogP contribution < -0.4 is 10.1 Å². The number of amides is 1. The monoisotopic (exact) mass is 355 g/mol. The molecule has 0 bridgehead atoms. The molecular weight excluding hydrogens is 330 g/mol. The topological polar surface area (TPSA) is 72.3 Å². The quantitative estimate of drug-likeness (QED) is 0.847. The van der Waals surface area contributed by atoms with Gasteiger partial charge >= 0.3 is 0 Å². The minimum Gasteiger partial charge on any atom is -0.482 e. The Morgan fingerprint density at radius 1 is 1.42 bits per heavy atom. The minimum absolute atomic E-state index is 0.0114. The minimum atomic E-state index is 0.0114. The second-order valence-corrected chi connectivity index (χ2v) is 7.29. The zero-order chi connectivity index (χ0) is 18.0. The largest absolute Gasteiger partial charge is 0.482 e. The maximum Gasteiger partial charge on any atom is 0.261 e. The lowest BCUT2D eigenvalue weighted by atomic mass is 9.93. The van der Waals surface area contributed by atoms with E-state index < -0.39 is 0 Å². The fourth-order valence-corrected chi connectivity index (χ4v) is 3.96. The Morgan fingerprint density at radius 2 is 2.27 bits per heavy atom. The fourth-order valence-electron chi connectivity index (χ4n) is 3.96. The van der Waals surface area contributed by atoms with Crippen LogP contribution in [-0.4, -0.2) is 51.1 Å². The number of pyridine rings is 1. The number of piperidine rings is 1. The number of nitrogens with one attached hydrogen (secondary N) is 1. The van der Waals surface area contributed by atoms with Gasteiger partial charge in [-0.25, -0.2) is 4.98 Å². The molecule has 7 nitrogen and oxygen atoms in total. The zero-order valence-corrected chi connectivity index (χ0v) is 15.1. The average Bonchev–Trinajstić information content (AvgIpc) is 3.18. The highest BCUT2D eigenvalue weighted by atomic mass is 16.5. The van der Waals surface area contributed by atoms with Crippen molar-refractivity contribution in [1.29, 1.82) is 0 Å². The third kappa shape index (κ3) is 3.44. The van der Waals surface area contributed by atoms with E-state index in [1.807, 2.05) is 28.8 Å². The molecule has 1 N–H and O–H groups in total. The predicted molar refractivity (Wildman–Crippen MR) is 96.4 cm³/mol. The molecule has 0 aromatic carbocycles. The Balaban J connectivity index is 1.47. The van der Waals surface area contributed by atoms with Crippen LogP contribution in [0.4, 0.5) is 0 Å². The normalized spacial score (nSPS) is 20.7. The SMILES string of the molecule is Cn1ccnc1CN(C(=O)COc1cccnc1)[C@@H]1CC12CCNCC2. The van der Waals surface area contributed by atoms with Crippen molar-refractivity contribution in [2.45, 2.75) is 31.8 Å². The molecule has 7 heteroatoms. The van der Waals surface area contributed by atoms with Gasteiger partial charge in [-0.15, -0.1) is 0 Å². The molecule has 3 heterocycles. The molecule has 2 aromatic rings. The molecule has 1 saturated heterocycles. The van der Waals surface area contributed by atoms with E-state index in [1.54, 1.807) is 24.7 Å². The van der Waals surface area contributed by atoms with E-state index in [2.05, 4.69) is 15.3 Å². The standard InChI is InChI=1S/C19H25N5O2/c1-23-10-9-22-17(23)13-24(16-11-19(16)4-7-20-8-5-19)18(25)14-26-15-3-2-6-21-12-15/h2-3,6,9-10,12,16,20H,4-5,7-8,11,13-14H2,1H3/t16-/m1/s1. The Bertz CT molecular complexity index is 754. The van der Waals surface area contributed by atoms with Crippen LogP contribution in [0.25, 0.3) is 0 Å². The second-order valence-electron chi connectivity index (χ2n) is 7.29. The van der Waals surface area contributed by atoms with E-state index in [4.69, 9.17) is 4.74 Å². The predicted octanol–water partition coefficient (Wildman–Crippen LogP) is 1.36. The number of aromatic nitrogens is 3. The lowest BCUT2D eigenvalue weighted by Crippen LogP contribution is -2.41. The third-order valence-electron chi connectivity index (χ3n) is 5.67. The highest BCUT2D eigenvalue weighted by Crippen LogP contribution is 2.56. The van der Waals surface area contributed by atoms with E-state index >= 15 is 0 Å². The van der Waals surface area contributed by atoms with Crippen molar-refractivity contribution in [3.63, 3.8) is 0 Å². The van der Waals surface area contributed by atoms with E-state index in [9.17, 15) is 4.79 Å². The van der Waals surface area contributed by atoms with Crippen molar-refractivity contribution in [3.8, 4) is 5.75 Å². The van der Waals surface area contributed by atoms with Crippen LogP contribution in [0.3, 0.4) is 0 Å². The molecule has 1 aliphatic carbocycles. The Kier molecular flexibility index (Phi) is 4.63. The van der Waals surface area contributed by atoms with Gasteiger partial charge in [0.05, 0.1) is 12.7 Å². The molecule has 2 fully saturated rings. The number of carbonyl (C=O) groups excluding carboxylic acids is 1. The van der Waals surface area contributed by atoms with Crippen molar-refractivity contribution in [2.24, 2.45) is 12.5 Å². The molecular formula is C19H25N5O2. The number of carbonyl (C=O) groups is 1. The van der Waals surface area contributed by atoms with Gasteiger partial charge in [-0.2, -0.15) is 0 Å². The lowest BCUT2D eigenvalue weighted by molar-refractivity contribution is -0.135. The van der Waals surface area contributed by atoms with Gasteiger partial charge in [0.1, 0.15) is 11.6 Å². The summed E-state index contributed by atoms with van der Waals surface area (Å²) in [4.78, 5) is 23.4. The van der Waals surface area contributed by atoms with Gasteiger partial charge in [-0.05, 0) is 49.9 Å². The first-order valence-corrected chi connectivity index (χ1v) is 9.17. The van der Waals surface area contributed by atoms with Crippen molar-refractivity contribution < 1.29 is 9.53 Å². The smallest absolute Gasteiger partial charge is 0.261 e. The lowest BCUT2D eigenvalue weighted by Gasteiger charge is -2.29. The molecule has 2 aliphatic rings. The van der Waals surface area contributed by atoms with Crippen LogP contribution in [0.2, 0.25) is 0 Å². The molecule has 26 heavy (non-hydrogen) atoms. The average molecular weight is 355 g/mol. The Hall–Kier alpha value is -2.41. The first kappa shape index (κ1) is 17.0. The number of ether oxygens (including phenoxy) is 1. The molecule has 1 aliphatic heterocycles. The fraction of sp³-hybridized carbons (Fsp3) is 0.526. The van der Waals surface area contributed by atoms with E-state index in [0.717, 1.165) is 38.2 Å². The molecule has 4 rings (SSSR count). The van der Waals surface area contributed by atoms with Gasteiger partial charge in [0.25, 0.3) is 5.91 Å². The number of aryl methyl sites for hydroxylation is 1. The number of rotatable bonds is 6. The van der Waals surface area contributed by atoms with E-state index in [1.165, 1.54) is 0 Å². The summed E-state index contributed by atoms with van der Waals surface area (Å²) in [5.41, 5.74) is 0.278. The summed E-state index contributed by atoms with van der Waals surface area (Å²) in [6.07, 6.45) is 10.3. The summed E-state index contributed by atoms with van der Waals surface area (Å²) in [6.45, 7) is 2.62. The molecule has 0 radical (unpaired) electrons. The Morgan fingerprint density at radius 3 is 2.96 bits per heavy atom. The summed E-state index contributed by atoms with van der Waals surface area (Å²) in [7, 11) is 1.96. The molecule has 1 spiro atoms. The van der Waals surface area contributed by atoms with Crippen molar-refractivity contribution in [3.05, 3.63) is 42.7 Å². The maximum atomic E-state index is 13.0. The molecule has 138 valence electrons. The van der Waals surface area contributed by atoms with Crippen molar-refractivity contribution in [2.75, 3.05) is 19.7 Å². The zero-order valence-electron chi connectivity index (χ0n) is 15.1. The molecule has 1 amide bonds. The summed E-state index contributed by atoms with van der Waals surface area (Å²) >= 11 is 0. The first-order chi connectivity index (χ1) is 12.7. The molecule has 1 saturated carbocycles. The molecule has 2 aromatic heterocycles. The van der Waals surface area contributed by atoms with Crippen molar-refractivity contribution in [1.82, 2.24) is 24.8 Å². The third-order valence-corrected chi connectivity index (χ3v) is 5.67. The van der Waals surface area contributed by atoms with E-state index in [0.29, 0.717) is 12.3 Å². The van der Waals surface area contributed by atoms with Crippen LogP contribution in [-0.2, 0) is 18.4 Å². The summed E-state index contributed by atoms with van der Waals surface area (Å²) in [6, 6.07) is 3.90. The van der Waals surface area contributed by atoms with Gasteiger partial charge in [0.2, 0.25) is 0 Å². The number of nitrogens with zero attached hydrogens (tertiary/aromatic N) is 4. The number of hydrogen-bond acceptors (Lipinski definition) is 5. The van der Waals surface area contributed by atoms with Crippen LogP contribution in [0.1, 0.15) is 25.1 Å². The highest BCUT2D eigenvalue weighted by Gasteiger charge is 2.57. The van der Waals surface area contributed by atoms with Gasteiger partial charge in [-0.3, -0.25) is 9.78 Å². The first-order valence-electron chi connectivity index (χ1n) is 9.17. The highest BCUT2D eigenvalue weighted by molar-refractivity contribution is 5.78. The van der Waals surface area contributed by atoms with Crippen LogP contribution in [0.15, 0.2) is 36.9 Å². The van der Waals surface area contributed by atoms with Gasteiger partial charge in [0.15, 0.2) is 6.61 Å². The van der Waals surface area contributed by atoms with Gasteiger partial charge < -0.3 is 19.5 Å². The molecule has 1 atom stereocenters. The van der Waals surface area contributed by atoms with E-state index in [-0.39, 0.29) is 24.0 Å². The summed E-state index contributed by atoms with van der Waals surface area (Å²) in [5, 5.41) is 3.42. The molecule has 0 unspecified atom stereocenters.